The largest absolute Gasteiger partial charge is 0.497 e. The number of urea groups is 1. The van der Waals surface area contributed by atoms with Crippen molar-refractivity contribution in [3.63, 3.8) is 0 Å². The summed E-state index contributed by atoms with van der Waals surface area (Å²) in [5, 5.41) is 2.76. The minimum Gasteiger partial charge on any atom is -0.497 e. The van der Waals surface area contributed by atoms with Crippen molar-refractivity contribution in [2.75, 3.05) is 7.11 Å². The smallest absolute Gasteiger partial charge is 0.325 e. The number of aromatic amines is 1. The Morgan fingerprint density at radius 1 is 1.16 bits per heavy atom. The zero-order valence-corrected chi connectivity index (χ0v) is 19.3. The summed E-state index contributed by atoms with van der Waals surface area (Å²) in [5.41, 5.74) is 1.71. The number of hydrogen-bond acceptors (Lipinski definition) is 5. The number of imide groups is 1. The second kappa shape index (κ2) is 8.61. The summed E-state index contributed by atoms with van der Waals surface area (Å²) in [6.45, 7) is 8.04. The maximum absolute atomic E-state index is 13.2. The lowest BCUT2D eigenvalue weighted by atomic mass is 9.92. The third-order valence-corrected chi connectivity index (χ3v) is 6.17. The molecule has 3 rings (SSSR count). The highest BCUT2D eigenvalue weighted by Crippen LogP contribution is 2.28. The second-order valence-corrected chi connectivity index (χ2v) is 8.51. The summed E-state index contributed by atoms with van der Waals surface area (Å²) in [5.74, 6) is -0.263. The molecule has 8 nitrogen and oxygen atoms in total. The van der Waals surface area contributed by atoms with Gasteiger partial charge in [-0.1, -0.05) is 12.1 Å². The number of ketones is 2. The standard InChI is InChI=1S/C24H29N3O5/c1-13-19(16(4)28)14(2)25-20(13)21(29)15(3)27-22(30)24(5,26-23(27)31)12-11-17-7-9-18(32-6)10-8-17/h7-10,15,25H,11-12H2,1-6H3,(H,26,31)/t15-,24+/m0/s1. The number of ether oxygens (including phenoxy) is 1. The number of carbonyl (C=O) groups excluding carboxylic acids is 4. The highest BCUT2D eigenvalue weighted by molar-refractivity contribution is 6.13. The average molecular weight is 440 g/mol. The van der Waals surface area contributed by atoms with Crippen LogP contribution in [0.4, 0.5) is 4.79 Å². The van der Waals surface area contributed by atoms with Gasteiger partial charge in [-0.3, -0.25) is 19.3 Å². The number of aromatic nitrogens is 1. The Bertz CT molecular complexity index is 1090. The van der Waals surface area contributed by atoms with Crippen LogP contribution in [0, 0.1) is 13.8 Å². The number of aryl methyl sites for hydroxylation is 2. The number of rotatable bonds is 8. The highest BCUT2D eigenvalue weighted by Gasteiger charge is 2.50. The van der Waals surface area contributed by atoms with E-state index in [0.717, 1.165) is 16.2 Å². The van der Waals surface area contributed by atoms with E-state index in [9.17, 15) is 19.2 Å². The Balaban J connectivity index is 1.77. The third-order valence-electron chi connectivity index (χ3n) is 6.17. The first kappa shape index (κ1) is 23.2. The molecule has 0 saturated carbocycles. The topological polar surface area (TPSA) is 109 Å². The van der Waals surface area contributed by atoms with E-state index in [2.05, 4.69) is 10.3 Å². The number of benzene rings is 1. The maximum atomic E-state index is 13.2. The molecule has 8 heteroatoms. The molecule has 1 fully saturated rings. The van der Waals surface area contributed by atoms with Gasteiger partial charge in [-0.15, -0.1) is 0 Å². The van der Waals surface area contributed by atoms with Crippen molar-refractivity contribution >= 4 is 23.5 Å². The molecule has 1 aliphatic rings. The predicted molar refractivity (Wildman–Crippen MR) is 119 cm³/mol. The Hall–Kier alpha value is -3.42. The lowest BCUT2D eigenvalue weighted by Gasteiger charge is -2.24. The van der Waals surface area contributed by atoms with Gasteiger partial charge in [0, 0.05) is 11.3 Å². The van der Waals surface area contributed by atoms with E-state index in [1.807, 2.05) is 24.3 Å². The van der Waals surface area contributed by atoms with Crippen molar-refractivity contribution in [1.29, 1.82) is 0 Å². The van der Waals surface area contributed by atoms with Crippen LogP contribution in [0.1, 0.15) is 64.9 Å². The number of hydrogen-bond donors (Lipinski definition) is 2. The number of nitrogens with zero attached hydrogens (tertiary/aromatic N) is 1. The lowest BCUT2D eigenvalue weighted by Crippen LogP contribution is -2.47. The molecule has 0 spiro atoms. The molecule has 2 heterocycles. The van der Waals surface area contributed by atoms with Gasteiger partial charge >= 0.3 is 6.03 Å². The van der Waals surface area contributed by atoms with Crippen LogP contribution < -0.4 is 10.1 Å². The molecule has 170 valence electrons. The monoisotopic (exact) mass is 439 g/mol. The first-order valence-corrected chi connectivity index (χ1v) is 10.5. The summed E-state index contributed by atoms with van der Waals surface area (Å²) in [7, 11) is 1.59. The van der Waals surface area contributed by atoms with Gasteiger partial charge in [-0.25, -0.2) is 4.79 Å². The van der Waals surface area contributed by atoms with E-state index in [-0.39, 0.29) is 11.5 Å². The molecule has 32 heavy (non-hydrogen) atoms. The molecule has 0 bridgehead atoms. The minimum atomic E-state index is -1.11. The summed E-state index contributed by atoms with van der Waals surface area (Å²) >= 11 is 0. The first-order chi connectivity index (χ1) is 15.0. The minimum absolute atomic E-state index is 0.149. The highest BCUT2D eigenvalue weighted by atomic mass is 16.5. The Kier molecular flexibility index (Phi) is 6.25. The van der Waals surface area contributed by atoms with Gasteiger partial charge in [0.1, 0.15) is 17.3 Å². The molecule has 1 aromatic carbocycles. The molecular weight excluding hydrogens is 410 g/mol. The molecule has 2 aromatic rings. The Labute approximate surface area is 187 Å². The van der Waals surface area contributed by atoms with Crippen LogP contribution >= 0.6 is 0 Å². The van der Waals surface area contributed by atoms with Gasteiger partial charge in [0.2, 0.25) is 5.78 Å². The summed E-state index contributed by atoms with van der Waals surface area (Å²) in [6.07, 6.45) is 0.954. The number of carbonyl (C=O) groups is 4. The van der Waals surface area contributed by atoms with Gasteiger partial charge in [-0.2, -0.15) is 0 Å². The van der Waals surface area contributed by atoms with Gasteiger partial charge < -0.3 is 15.0 Å². The molecule has 1 aliphatic heterocycles. The summed E-state index contributed by atoms with van der Waals surface area (Å²) in [6, 6.07) is 5.90. The average Bonchev–Trinajstić information content (AvgIpc) is 3.17. The quantitative estimate of drug-likeness (QED) is 0.484. The first-order valence-electron chi connectivity index (χ1n) is 10.5. The molecule has 2 N–H and O–H groups in total. The summed E-state index contributed by atoms with van der Waals surface area (Å²) < 4.78 is 5.16. The molecule has 1 saturated heterocycles. The third kappa shape index (κ3) is 4.04. The Morgan fingerprint density at radius 3 is 2.31 bits per heavy atom. The van der Waals surface area contributed by atoms with E-state index in [1.165, 1.54) is 13.8 Å². The molecule has 0 aliphatic carbocycles. The fourth-order valence-electron chi connectivity index (χ4n) is 4.27. The molecule has 0 radical (unpaired) electrons. The van der Waals surface area contributed by atoms with E-state index in [1.54, 1.807) is 27.9 Å². The maximum Gasteiger partial charge on any atom is 0.325 e. The van der Waals surface area contributed by atoms with Gasteiger partial charge in [0.05, 0.1) is 12.8 Å². The van der Waals surface area contributed by atoms with Crippen molar-refractivity contribution < 1.29 is 23.9 Å². The van der Waals surface area contributed by atoms with Crippen LogP contribution in [-0.4, -0.2) is 52.1 Å². The normalized spacial score (nSPS) is 19.1. The number of Topliss-reactive ketones (excluding diaryl/α,β-unsaturated/α-hetero) is 2. The molecule has 3 amide bonds. The van der Waals surface area contributed by atoms with Crippen LogP contribution in [0.3, 0.4) is 0 Å². The van der Waals surface area contributed by atoms with Crippen LogP contribution in [0.5, 0.6) is 5.75 Å². The van der Waals surface area contributed by atoms with Crippen LogP contribution in [0.25, 0.3) is 0 Å². The van der Waals surface area contributed by atoms with E-state index in [0.29, 0.717) is 29.7 Å². The van der Waals surface area contributed by atoms with Crippen molar-refractivity contribution in [2.24, 2.45) is 0 Å². The number of nitrogens with one attached hydrogen (secondary N) is 2. The Morgan fingerprint density at radius 2 is 1.78 bits per heavy atom. The van der Waals surface area contributed by atoms with Crippen LogP contribution in [-0.2, 0) is 11.2 Å². The molecule has 1 aromatic heterocycles. The van der Waals surface area contributed by atoms with Crippen LogP contribution in [0.15, 0.2) is 24.3 Å². The van der Waals surface area contributed by atoms with Gasteiger partial charge in [0.15, 0.2) is 5.78 Å². The lowest BCUT2D eigenvalue weighted by molar-refractivity contribution is -0.131. The second-order valence-electron chi connectivity index (χ2n) is 8.51. The van der Waals surface area contributed by atoms with Crippen molar-refractivity contribution in [1.82, 2.24) is 15.2 Å². The zero-order valence-electron chi connectivity index (χ0n) is 19.3. The van der Waals surface area contributed by atoms with Gasteiger partial charge in [-0.05, 0) is 70.7 Å². The van der Waals surface area contributed by atoms with E-state index in [4.69, 9.17) is 4.74 Å². The molecule has 0 unspecified atom stereocenters. The zero-order chi connectivity index (χ0) is 23.8. The fraction of sp³-hybridized carbons (Fsp3) is 0.417. The number of amides is 3. The molecular formula is C24H29N3O5. The van der Waals surface area contributed by atoms with E-state index >= 15 is 0 Å². The van der Waals surface area contributed by atoms with Crippen molar-refractivity contribution in [3.05, 3.63) is 52.3 Å². The van der Waals surface area contributed by atoms with Crippen molar-refractivity contribution in [2.45, 2.75) is 59.0 Å². The SMILES string of the molecule is COc1ccc(CC[C@@]2(C)NC(=O)N([C@@H](C)C(=O)c3[nH]c(C)c(C(C)=O)c3C)C2=O)cc1. The van der Waals surface area contributed by atoms with Gasteiger partial charge in [0.25, 0.3) is 5.91 Å². The molecule has 2 atom stereocenters. The van der Waals surface area contributed by atoms with Crippen LogP contribution in [0.2, 0.25) is 0 Å². The summed E-state index contributed by atoms with van der Waals surface area (Å²) in [4.78, 5) is 54.9. The number of methoxy groups -OCH3 is 1. The fourth-order valence-corrected chi connectivity index (χ4v) is 4.27. The van der Waals surface area contributed by atoms with E-state index < -0.39 is 29.3 Å². The predicted octanol–water partition coefficient (Wildman–Crippen LogP) is 3.36. The van der Waals surface area contributed by atoms with Crippen molar-refractivity contribution in [3.8, 4) is 5.75 Å². The number of H-pyrrole nitrogens is 1.